The van der Waals surface area contributed by atoms with E-state index >= 15 is 0 Å². The number of nitrogens with zero attached hydrogens (tertiary/aromatic N) is 1. The van der Waals surface area contributed by atoms with Crippen molar-refractivity contribution in [3.8, 4) is 0 Å². The van der Waals surface area contributed by atoms with Crippen molar-refractivity contribution >= 4 is 24.8 Å². The topological polar surface area (TPSA) is 119 Å². The third-order valence-corrected chi connectivity index (χ3v) is 4.70. The van der Waals surface area contributed by atoms with Crippen LogP contribution in [0.15, 0.2) is 30.3 Å². The van der Waals surface area contributed by atoms with Crippen LogP contribution in [0.2, 0.25) is 0 Å². The van der Waals surface area contributed by atoms with Gasteiger partial charge in [-0.15, -0.1) is 0 Å². The Morgan fingerprint density at radius 1 is 1.22 bits per heavy atom. The molecule has 9 heteroatoms. The minimum atomic E-state index is -1.74. The van der Waals surface area contributed by atoms with E-state index in [0.29, 0.717) is 13.0 Å². The Morgan fingerprint density at radius 2 is 1.89 bits per heavy atom. The van der Waals surface area contributed by atoms with Gasteiger partial charge in [-0.25, -0.2) is 0 Å². The first-order valence-electron chi connectivity index (χ1n) is 9.07. The average molecular weight is 375 g/mol. The van der Waals surface area contributed by atoms with E-state index in [2.05, 4.69) is 10.6 Å². The lowest BCUT2D eigenvalue weighted by molar-refractivity contribution is -0.138. The van der Waals surface area contributed by atoms with E-state index in [0.717, 1.165) is 12.0 Å². The summed E-state index contributed by atoms with van der Waals surface area (Å²) in [6, 6.07) is 7.70. The predicted octanol–water partition coefficient (Wildman–Crippen LogP) is -0.758. The Balaban J connectivity index is 1.92. The van der Waals surface area contributed by atoms with Crippen molar-refractivity contribution in [2.75, 3.05) is 6.54 Å². The molecule has 1 aliphatic rings. The van der Waals surface area contributed by atoms with Crippen molar-refractivity contribution < 1.29 is 24.4 Å². The van der Waals surface area contributed by atoms with Gasteiger partial charge in [-0.1, -0.05) is 30.3 Å². The number of carbonyl (C=O) groups excluding carboxylic acids is 3. The molecule has 1 aromatic rings. The van der Waals surface area contributed by atoms with Gasteiger partial charge in [-0.3, -0.25) is 14.4 Å². The molecule has 3 atom stereocenters. The van der Waals surface area contributed by atoms with Gasteiger partial charge in [0.2, 0.25) is 17.7 Å². The zero-order valence-corrected chi connectivity index (χ0v) is 15.6. The lowest BCUT2D eigenvalue weighted by Crippen LogP contribution is -2.56. The molecule has 1 aromatic carbocycles. The molecule has 0 unspecified atom stereocenters. The van der Waals surface area contributed by atoms with Crippen molar-refractivity contribution in [1.82, 2.24) is 15.5 Å². The minimum Gasteiger partial charge on any atom is -0.426 e. The van der Waals surface area contributed by atoms with Gasteiger partial charge in [0.25, 0.3) is 0 Å². The number of benzene rings is 1. The number of hydrogen-bond donors (Lipinski definition) is 4. The molecule has 27 heavy (non-hydrogen) atoms. The van der Waals surface area contributed by atoms with Gasteiger partial charge < -0.3 is 25.6 Å². The van der Waals surface area contributed by atoms with Gasteiger partial charge >= 0.3 is 7.12 Å². The van der Waals surface area contributed by atoms with Crippen LogP contribution < -0.4 is 10.6 Å². The molecule has 2 rings (SSSR count). The van der Waals surface area contributed by atoms with Crippen molar-refractivity contribution in [3.63, 3.8) is 0 Å². The number of likely N-dealkylation sites (tertiary alicyclic amines) is 1. The van der Waals surface area contributed by atoms with E-state index < -0.39 is 31.1 Å². The monoisotopic (exact) mass is 375 g/mol. The summed E-state index contributed by atoms with van der Waals surface area (Å²) < 4.78 is 0. The van der Waals surface area contributed by atoms with Crippen molar-refractivity contribution in [3.05, 3.63) is 35.9 Å². The summed E-state index contributed by atoms with van der Waals surface area (Å²) >= 11 is 0. The molecule has 3 amide bonds. The number of amides is 3. The van der Waals surface area contributed by atoms with Crippen molar-refractivity contribution in [2.24, 2.45) is 0 Å². The Bertz CT molecular complexity index is 670. The highest BCUT2D eigenvalue weighted by molar-refractivity contribution is 6.43. The molecule has 0 spiro atoms. The third-order valence-electron chi connectivity index (χ3n) is 4.70. The van der Waals surface area contributed by atoms with E-state index in [9.17, 15) is 24.4 Å². The molecular formula is C18H26BN3O5. The van der Waals surface area contributed by atoms with Gasteiger partial charge in [0.05, 0.1) is 5.94 Å². The second-order valence-corrected chi connectivity index (χ2v) is 6.82. The van der Waals surface area contributed by atoms with E-state index in [4.69, 9.17) is 0 Å². The molecule has 0 bridgehead atoms. The highest BCUT2D eigenvalue weighted by atomic mass is 16.4. The maximum Gasteiger partial charge on any atom is 0.475 e. The molecule has 8 nitrogen and oxygen atoms in total. The van der Waals surface area contributed by atoms with Gasteiger partial charge in [0.1, 0.15) is 12.1 Å². The van der Waals surface area contributed by atoms with E-state index in [1.165, 1.54) is 18.7 Å². The van der Waals surface area contributed by atoms with Gasteiger partial charge in [0, 0.05) is 13.5 Å². The molecule has 4 N–H and O–H groups in total. The number of nitrogens with one attached hydrogen (secondary N) is 2. The summed E-state index contributed by atoms with van der Waals surface area (Å²) in [5.74, 6) is -1.98. The van der Waals surface area contributed by atoms with Crippen LogP contribution in [0.3, 0.4) is 0 Å². The lowest BCUT2D eigenvalue weighted by Gasteiger charge is -2.25. The fourth-order valence-electron chi connectivity index (χ4n) is 3.20. The van der Waals surface area contributed by atoms with Crippen LogP contribution in [0.5, 0.6) is 0 Å². The molecule has 1 aliphatic heterocycles. The zero-order valence-electron chi connectivity index (χ0n) is 15.6. The molecule has 0 saturated carbocycles. The molecule has 0 aliphatic carbocycles. The van der Waals surface area contributed by atoms with Crippen molar-refractivity contribution in [1.29, 1.82) is 0 Å². The number of rotatable bonds is 7. The summed E-state index contributed by atoms with van der Waals surface area (Å²) in [7, 11) is -1.74. The summed E-state index contributed by atoms with van der Waals surface area (Å²) in [5, 5.41) is 24.3. The predicted molar refractivity (Wildman–Crippen MR) is 100 cm³/mol. The summed E-state index contributed by atoms with van der Waals surface area (Å²) in [6.07, 6.45) is 1.55. The first-order valence-corrected chi connectivity index (χ1v) is 9.07. The standard InChI is InChI=1S/C18H26BN3O5/c1-12(20-18(25)15-9-6-10-22(15)13(2)23)17(24)21-16(19(26)27)11-14-7-4-3-5-8-14/h3-5,7-8,12,15-16,26-27H,6,9-11H2,1-2H3,(H,20,25)(H,21,24)/t12-,15+,16-/m0/s1. The fourth-order valence-corrected chi connectivity index (χ4v) is 3.20. The highest BCUT2D eigenvalue weighted by Crippen LogP contribution is 2.17. The summed E-state index contributed by atoms with van der Waals surface area (Å²) in [6.45, 7) is 3.46. The Kier molecular flexibility index (Phi) is 7.38. The highest BCUT2D eigenvalue weighted by Gasteiger charge is 2.34. The van der Waals surface area contributed by atoms with Crippen LogP contribution >= 0.6 is 0 Å². The molecule has 1 fully saturated rings. The second-order valence-electron chi connectivity index (χ2n) is 6.82. The largest absolute Gasteiger partial charge is 0.475 e. The number of carbonyl (C=O) groups is 3. The van der Waals surface area contributed by atoms with Gasteiger partial charge in [-0.05, 0) is 31.7 Å². The van der Waals surface area contributed by atoms with Crippen LogP contribution in [0, 0.1) is 0 Å². The van der Waals surface area contributed by atoms with Gasteiger partial charge in [-0.2, -0.15) is 0 Å². The molecular weight excluding hydrogens is 349 g/mol. The SMILES string of the molecule is CC(=O)N1CCC[C@@H]1C(=O)N[C@@H](C)C(=O)N[C@@H](Cc1ccccc1)B(O)O. The first kappa shape index (κ1) is 20.9. The molecule has 0 aromatic heterocycles. The smallest absolute Gasteiger partial charge is 0.426 e. The Labute approximate surface area is 159 Å². The van der Waals surface area contributed by atoms with E-state index in [1.54, 1.807) is 0 Å². The van der Waals surface area contributed by atoms with E-state index in [1.807, 2.05) is 30.3 Å². The first-order chi connectivity index (χ1) is 12.8. The Hall–Kier alpha value is -2.39. The zero-order chi connectivity index (χ0) is 20.0. The summed E-state index contributed by atoms with van der Waals surface area (Å²) in [4.78, 5) is 37.9. The summed E-state index contributed by atoms with van der Waals surface area (Å²) in [5.41, 5.74) is 0.843. The average Bonchev–Trinajstić information content (AvgIpc) is 3.12. The van der Waals surface area contributed by atoms with Gasteiger partial charge in [0.15, 0.2) is 0 Å². The third kappa shape index (κ3) is 5.80. The molecule has 0 radical (unpaired) electrons. The Morgan fingerprint density at radius 3 is 2.48 bits per heavy atom. The minimum absolute atomic E-state index is 0.170. The maximum atomic E-state index is 12.4. The van der Waals surface area contributed by atoms with Crippen LogP contribution in [0.25, 0.3) is 0 Å². The van der Waals surface area contributed by atoms with Crippen LogP contribution in [0.1, 0.15) is 32.3 Å². The molecule has 1 saturated heterocycles. The normalized spacial score (nSPS) is 18.5. The second kappa shape index (κ2) is 9.52. The van der Waals surface area contributed by atoms with Crippen LogP contribution in [-0.2, 0) is 20.8 Å². The maximum absolute atomic E-state index is 12.4. The van der Waals surface area contributed by atoms with Crippen molar-refractivity contribution in [2.45, 2.75) is 51.1 Å². The quantitative estimate of drug-likeness (QED) is 0.468. The van der Waals surface area contributed by atoms with E-state index in [-0.39, 0.29) is 18.2 Å². The molecule has 1 heterocycles. The lowest BCUT2D eigenvalue weighted by atomic mass is 9.76. The van der Waals surface area contributed by atoms with Crippen LogP contribution in [-0.4, -0.2) is 64.4 Å². The number of hydrogen-bond acceptors (Lipinski definition) is 5. The molecule has 146 valence electrons. The fraction of sp³-hybridized carbons (Fsp3) is 0.500. The van der Waals surface area contributed by atoms with Crippen LogP contribution in [0.4, 0.5) is 0 Å².